The number of pyridine rings is 1. The van der Waals surface area contributed by atoms with E-state index >= 15 is 0 Å². The van der Waals surface area contributed by atoms with Crippen LogP contribution in [0.3, 0.4) is 0 Å². The Labute approximate surface area is 161 Å². The van der Waals surface area contributed by atoms with Gasteiger partial charge in [-0.3, -0.25) is 0 Å². The van der Waals surface area contributed by atoms with Gasteiger partial charge in [-0.15, -0.1) is 0 Å². The highest BCUT2D eigenvalue weighted by Crippen LogP contribution is 2.37. The Hall–Kier alpha value is -2.13. The van der Waals surface area contributed by atoms with Crippen molar-refractivity contribution >= 4 is 15.7 Å². The molecule has 1 fully saturated rings. The first-order valence-electron chi connectivity index (χ1n) is 8.83. The lowest BCUT2D eigenvalue weighted by Gasteiger charge is -2.34. The smallest absolute Gasteiger partial charge is 0.396 e. The first-order chi connectivity index (χ1) is 13.1. The lowest BCUT2D eigenvalue weighted by Crippen LogP contribution is -2.37. The van der Waals surface area contributed by atoms with Crippen molar-refractivity contribution < 1.29 is 26.7 Å². The van der Waals surface area contributed by atoms with E-state index in [1.807, 2.05) is 4.90 Å². The van der Waals surface area contributed by atoms with E-state index in [-0.39, 0.29) is 23.0 Å². The highest BCUT2D eigenvalue weighted by molar-refractivity contribution is 7.90. The Balaban J connectivity index is 2.08. The molecule has 0 radical (unpaired) electrons. The fourth-order valence-corrected chi connectivity index (χ4v) is 4.00. The number of alkyl halides is 3. The van der Waals surface area contributed by atoms with Gasteiger partial charge in [0, 0.05) is 37.7 Å². The second kappa shape index (κ2) is 7.71. The van der Waals surface area contributed by atoms with Gasteiger partial charge in [0.25, 0.3) is 0 Å². The third kappa shape index (κ3) is 4.47. The Bertz CT molecular complexity index is 944. The summed E-state index contributed by atoms with van der Waals surface area (Å²) in [6, 6.07) is 6.78. The van der Waals surface area contributed by atoms with Gasteiger partial charge in [0.15, 0.2) is 9.84 Å². The molecule has 1 atom stereocenters. The van der Waals surface area contributed by atoms with Crippen LogP contribution in [0.2, 0.25) is 0 Å². The van der Waals surface area contributed by atoms with E-state index in [2.05, 4.69) is 4.98 Å². The number of sulfone groups is 1. The topological polar surface area (TPSA) is 70.5 Å². The van der Waals surface area contributed by atoms with Gasteiger partial charge in [0.05, 0.1) is 10.5 Å². The summed E-state index contributed by atoms with van der Waals surface area (Å²) in [5, 5.41) is 9.45. The summed E-state index contributed by atoms with van der Waals surface area (Å²) in [4.78, 5) is 6.06. The number of benzene rings is 1. The Kier molecular flexibility index (Phi) is 5.67. The number of rotatable bonds is 4. The molecule has 9 heteroatoms. The van der Waals surface area contributed by atoms with Crippen LogP contribution in [0.25, 0.3) is 11.1 Å². The summed E-state index contributed by atoms with van der Waals surface area (Å²) in [5.41, 5.74) is -0.130. The zero-order chi connectivity index (χ0) is 20.5. The van der Waals surface area contributed by atoms with Gasteiger partial charge >= 0.3 is 6.18 Å². The maximum absolute atomic E-state index is 13.2. The zero-order valence-corrected chi connectivity index (χ0v) is 16.1. The molecule has 152 valence electrons. The van der Waals surface area contributed by atoms with Crippen LogP contribution in [-0.2, 0) is 16.0 Å². The van der Waals surface area contributed by atoms with E-state index in [4.69, 9.17) is 0 Å². The molecule has 28 heavy (non-hydrogen) atoms. The van der Waals surface area contributed by atoms with Crippen LogP contribution < -0.4 is 4.90 Å². The van der Waals surface area contributed by atoms with Crippen molar-refractivity contribution in [1.29, 1.82) is 0 Å². The van der Waals surface area contributed by atoms with Gasteiger partial charge in [-0.1, -0.05) is 12.1 Å². The third-order valence-electron chi connectivity index (χ3n) is 4.86. The molecule has 1 aliphatic rings. The van der Waals surface area contributed by atoms with Crippen LogP contribution in [-0.4, -0.2) is 44.5 Å². The molecule has 3 rings (SSSR count). The highest BCUT2D eigenvalue weighted by Gasteiger charge is 2.33. The van der Waals surface area contributed by atoms with Crippen LogP contribution in [0, 0.1) is 5.92 Å². The zero-order valence-electron chi connectivity index (χ0n) is 15.3. The monoisotopic (exact) mass is 414 g/mol. The molecule has 0 saturated carbocycles. The van der Waals surface area contributed by atoms with Crippen LogP contribution in [0.1, 0.15) is 18.4 Å². The van der Waals surface area contributed by atoms with E-state index in [9.17, 15) is 26.7 Å². The van der Waals surface area contributed by atoms with Crippen LogP contribution in [0.4, 0.5) is 19.0 Å². The minimum absolute atomic E-state index is 0.00945. The molecule has 1 aliphatic heterocycles. The first-order valence-corrected chi connectivity index (χ1v) is 10.7. The Morgan fingerprint density at radius 3 is 2.50 bits per heavy atom. The van der Waals surface area contributed by atoms with Crippen molar-refractivity contribution in [2.75, 3.05) is 30.9 Å². The minimum Gasteiger partial charge on any atom is -0.396 e. The van der Waals surface area contributed by atoms with E-state index in [1.54, 1.807) is 0 Å². The number of halogens is 3. The Morgan fingerprint density at radius 1 is 1.25 bits per heavy atom. The molecule has 5 nitrogen and oxygen atoms in total. The van der Waals surface area contributed by atoms with Crippen molar-refractivity contribution in [3.8, 4) is 11.1 Å². The summed E-state index contributed by atoms with van der Waals surface area (Å²) >= 11 is 0. The number of aliphatic hydroxyl groups excluding tert-OH is 1. The van der Waals surface area contributed by atoms with Gasteiger partial charge in [-0.25, -0.2) is 13.4 Å². The van der Waals surface area contributed by atoms with Gasteiger partial charge in [-0.05, 0) is 42.5 Å². The van der Waals surface area contributed by atoms with Gasteiger partial charge in [0.2, 0.25) is 0 Å². The van der Waals surface area contributed by atoms with Crippen molar-refractivity contribution in [1.82, 2.24) is 4.98 Å². The maximum Gasteiger partial charge on any atom is 0.417 e. The molecule has 1 aromatic heterocycles. The summed E-state index contributed by atoms with van der Waals surface area (Å²) in [6.07, 6.45) is -0.997. The van der Waals surface area contributed by atoms with E-state index < -0.39 is 21.6 Å². The van der Waals surface area contributed by atoms with Crippen LogP contribution in [0.5, 0.6) is 0 Å². The van der Waals surface area contributed by atoms with Crippen molar-refractivity contribution in [3.63, 3.8) is 0 Å². The number of hydrogen-bond donors (Lipinski definition) is 1. The van der Waals surface area contributed by atoms with Gasteiger partial charge in [0.1, 0.15) is 5.82 Å². The molecule has 0 unspecified atom stereocenters. The number of piperidine rings is 1. The summed E-state index contributed by atoms with van der Waals surface area (Å²) in [7, 11) is -3.41. The predicted octanol–water partition coefficient (Wildman–Crippen LogP) is 3.38. The van der Waals surface area contributed by atoms with E-state index in [0.29, 0.717) is 24.5 Å². The van der Waals surface area contributed by atoms with E-state index in [1.165, 1.54) is 24.3 Å². The van der Waals surface area contributed by atoms with Crippen molar-refractivity contribution in [2.45, 2.75) is 23.9 Å². The summed E-state index contributed by atoms with van der Waals surface area (Å²) in [5.74, 6) is 0.441. The molecule has 0 bridgehead atoms. The van der Waals surface area contributed by atoms with E-state index in [0.717, 1.165) is 31.4 Å². The molecular weight excluding hydrogens is 393 g/mol. The molecule has 1 N–H and O–H groups in total. The second-order valence-electron chi connectivity index (χ2n) is 7.03. The van der Waals surface area contributed by atoms with Crippen LogP contribution in [0.15, 0.2) is 41.4 Å². The highest BCUT2D eigenvalue weighted by atomic mass is 32.2. The fraction of sp³-hybridized carbons (Fsp3) is 0.421. The van der Waals surface area contributed by atoms with Crippen molar-refractivity contribution in [3.05, 3.63) is 42.1 Å². The third-order valence-corrected chi connectivity index (χ3v) is 5.99. The second-order valence-corrected chi connectivity index (χ2v) is 9.04. The average molecular weight is 414 g/mol. The van der Waals surface area contributed by atoms with Gasteiger partial charge in [-0.2, -0.15) is 13.2 Å². The minimum atomic E-state index is -4.54. The number of nitrogens with zero attached hydrogens (tertiary/aromatic N) is 2. The molecular formula is C19H21F3N2O3S. The molecule has 1 saturated heterocycles. The molecule has 2 aromatic rings. The van der Waals surface area contributed by atoms with Crippen LogP contribution >= 0.6 is 0 Å². The van der Waals surface area contributed by atoms with Gasteiger partial charge < -0.3 is 10.0 Å². The normalized spacial score (nSPS) is 18.3. The standard InChI is InChI=1S/C19H21F3N2O3S/c1-28(26,27)16-6-4-14(5-7-16)17-9-15(19(20,21)22)10-23-18(17)24-8-2-3-13(11-24)12-25/h4-7,9-10,13,25H,2-3,8,11-12H2,1H3/t13-/m1/s1. The maximum atomic E-state index is 13.2. The molecule has 0 amide bonds. The fourth-order valence-electron chi connectivity index (χ4n) is 3.37. The summed E-state index contributed by atoms with van der Waals surface area (Å²) in [6.45, 7) is 1.14. The first kappa shape index (κ1) is 20.6. The Morgan fingerprint density at radius 2 is 1.93 bits per heavy atom. The molecule has 0 aliphatic carbocycles. The van der Waals surface area contributed by atoms with Crippen molar-refractivity contribution in [2.24, 2.45) is 5.92 Å². The summed E-state index contributed by atoms with van der Waals surface area (Å²) < 4.78 is 63.0. The average Bonchev–Trinajstić information content (AvgIpc) is 2.66. The lowest BCUT2D eigenvalue weighted by atomic mass is 9.97. The lowest BCUT2D eigenvalue weighted by molar-refractivity contribution is -0.137. The predicted molar refractivity (Wildman–Crippen MR) is 99.8 cm³/mol. The number of aliphatic hydroxyl groups is 1. The SMILES string of the molecule is CS(=O)(=O)c1ccc(-c2cc(C(F)(F)F)cnc2N2CCC[C@@H](CO)C2)cc1. The molecule has 0 spiro atoms. The quantitative estimate of drug-likeness (QED) is 0.831. The number of hydrogen-bond acceptors (Lipinski definition) is 5. The molecule has 1 aromatic carbocycles. The number of anilines is 1. The molecule has 2 heterocycles. The number of aromatic nitrogens is 1. The largest absolute Gasteiger partial charge is 0.417 e.